The molecule has 0 fully saturated rings. The predicted molar refractivity (Wildman–Crippen MR) is 103 cm³/mol. The van der Waals surface area contributed by atoms with Crippen molar-refractivity contribution in [3.8, 4) is 5.75 Å². The molecule has 0 aromatic heterocycles. The van der Waals surface area contributed by atoms with Crippen LogP contribution in [0.4, 0.5) is 0 Å². The summed E-state index contributed by atoms with van der Waals surface area (Å²) < 4.78 is 0. The van der Waals surface area contributed by atoms with E-state index in [-0.39, 0.29) is 10.8 Å². The average Bonchev–Trinajstić information content (AvgIpc) is 2.41. The Balaban J connectivity index is 2.90. The zero-order valence-electron chi connectivity index (χ0n) is 16.6. The van der Waals surface area contributed by atoms with E-state index < -0.39 is 0 Å². The third-order valence-corrected chi connectivity index (χ3v) is 4.63. The van der Waals surface area contributed by atoms with E-state index in [1.54, 1.807) is 0 Å². The maximum absolute atomic E-state index is 10.5. The van der Waals surface area contributed by atoms with E-state index in [9.17, 15) is 5.11 Å². The first-order valence-corrected chi connectivity index (χ1v) is 9.44. The number of hydrogen-bond acceptors (Lipinski definition) is 1. The average molecular weight is 319 g/mol. The summed E-state index contributed by atoms with van der Waals surface area (Å²) in [7, 11) is 0. The van der Waals surface area contributed by atoms with Crippen molar-refractivity contribution in [2.75, 3.05) is 0 Å². The predicted octanol–water partition coefficient (Wildman–Crippen LogP) is 6.89. The number of aromatic hydroxyl groups is 1. The lowest BCUT2D eigenvalue weighted by Crippen LogP contribution is -2.22. The third kappa shape index (κ3) is 6.20. The Bertz CT molecular complexity index is 486. The highest BCUT2D eigenvalue weighted by Gasteiger charge is 2.26. The van der Waals surface area contributed by atoms with Crippen LogP contribution in [0.1, 0.15) is 104 Å². The molecule has 1 aromatic carbocycles. The molecule has 1 rings (SSSR count). The minimum absolute atomic E-state index is 0.0543. The molecule has 0 atom stereocenters. The number of benzene rings is 1. The largest absolute Gasteiger partial charge is 0.508 e. The first-order valence-electron chi connectivity index (χ1n) is 9.44. The molecule has 132 valence electrons. The highest BCUT2D eigenvalue weighted by molar-refractivity contribution is 5.47. The number of hydrogen-bond donors (Lipinski definition) is 1. The summed E-state index contributed by atoms with van der Waals surface area (Å²) in [4.78, 5) is 0. The van der Waals surface area contributed by atoms with E-state index in [1.165, 1.54) is 49.7 Å². The van der Waals surface area contributed by atoms with Crippen molar-refractivity contribution in [2.45, 2.75) is 104 Å². The second kappa shape index (κ2) is 8.22. The molecule has 1 heteroatoms. The van der Waals surface area contributed by atoms with Crippen LogP contribution in [0, 0.1) is 0 Å². The van der Waals surface area contributed by atoms with E-state index in [2.05, 4.69) is 54.5 Å². The summed E-state index contributed by atoms with van der Waals surface area (Å²) in [6.07, 6.45) is 8.75. The van der Waals surface area contributed by atoms with Gasteiger partial charge in [-0.15, -0.1) is 0 Å². The highest BCUT2D eigenvalue weighted by atomic mass is 16.3. The Labute approximate surface area is 144 Å². The van der Waals surface area contributed by atoms with E-state index in [1.807, 2.05) is 6.07 Å². The Morgan fingerprint density at radius 1 is 0.739 bits per heavy atom. The molecule has 1 nitrogen and oxygen atoms in total. The molecule has 0 heterocycles. The number of rotatable bonds is 7. The van der Waals surface area contributed by atoms with Gasteiger partial charge in [0.15, 0.2) is 0 Å². The minimum Gasteiger partial charge on any atom is -0.508 e. The van der Waals surface area contributed by atoms with Gasteiger partial charge in [0.05, 0.1) is 0 Å². The van der Waals surface area contributed by atoms with Gasteiger partial charge in [0.25, 0.3) is 0 Å². The van der Waals surface area contributed by atoms with Crippen LogP contribution < -0.4 is 0 Å². The van der Waals surface area contributed by atoms with Crippen molar-refractivity contribution in [3.05, 3.63) is 28.8 Å². The lowest BCUT2D eigenvalue weighted by atomic mass is 9.74. The smallest absolute Gasteiger partial charge is 0.119 e. The molecular formula is C22H38O. The van der Waals surface area contributed by atoms with Gasteiger partial charge in [-0.3, -0.25) is 0 Å². The Morgan fingerprint density at radius 2 is 1.22 bits per heavy atom. The molecule has 0 unspecified atom stereocenters. The molecule has 0 radical (unpaired) electrons. The van der Waals surface area contributed by atoms with Crippen molar-refractivity contribution < 1.29 is 5.11 Å². The van der Waals surface area contributed by atoms with Gasteiger partial charge in [-0.1, -0.05) is 86.6 Å². The van der Waals surface area contributed by atoms with Gasteiger partial charge in [-0.25, -0.2) is 0 Å². The van der Waals surface area contributed by atoms with Crippen LogP contribution in [0.15, 0.2) is 12.1 Å². The van der Waals surface area contributed by atoms with Gasteiger partial charge >= 0.3 is 0 Å². The van der Waals surface area contributed by atoms with Crippen LogP contribution in [0.25, 0.3) is 0 Å². The molecule has 0 aliphatic heterocycles. The lowest BCUT2D eigenvalue weighted by Gasteiger charge is -2.31. The summed E-state index contributed by atoms with van der Waals surface area (Å²) in [5.74, 6) is 0.483. The monoisotopic (exact) mass is 318 g/mol. The molecule has 23 heavy (non-hydrogen) atoms. The first kappa shape index (κ1) is 20.1. The number of aryl methyl sites for hydroxylation is 1. The molecule has 1 N–H and O–H groups in total. The van der Waals surface area contributed by atoms with Crippen LogP contribution in [0.5, 0.6) is 5.75 Å². The normalized spacial score (nSPS) is 12.7. The molecule has 1 aromatic rings. The number of phenolic OH excluding ortho intramolecular Hbond substituents is 1. The van der Waals surface area contributed by atoms with Gasteiger partial charge < -0.3 is 5.11 Å². The van der Waals surface area contributed by atoms with Crippen molar-refractivity contribution in [2.24, 2.45) is 0 Å². The third-order valence-electron chi connectivity index (χ3n) is 4.63. The van der Waals surface area contributed by atoms with Crippen LogP contribution in [0.3, 0.4) is 0 Å². The van der Waals surface area contributed by atoms with Gasteiger partial charge in [0.2, 0.25) is 0 Å². The standard InChI is InChI=1S/C22H38O/c1-8-9-10-11-12-13-14-17-15-18(21(2,3)4)19(16-20(17)23)22(5,6)7/h15-16,23H,8-14H2,1-7H3. The summed E-state index contributed by atoms with van der Waals surface area (Å²) in [6, 6.07) is 4.29. The maximum atomic E-state index is 10.5. The fourth-order valence-electron chi connectivity index (χ4n) is 3.17. The quantitative estimate of drug-likeness (QED) is 0.543. The summed E-state index contributed by atoms with van der Waals surface area (Å²) in [6.45, 7) is 15.7. The number of phenols is 1. The number of unbranched alkanes of at least 4 members (excludes halogenated alkanes) is 5. The topological polar surface area (TPSA) is 20.2 Å². The second-order valence-electron chi connectivity index (χ2n) is 9.04. The van der Waals surface area contributed by atoms with Gasteiger partial charge in [0, 0.05) is 0 Å². The van der Waals surface area contributed by atoms with Crippen molar-refractivity contribution in [3.63, 3.8) is 0 Å². The van der Waals surface area contributed by atoms with Crippen molar-refractivity contribution >= 4 is 0 Å². The molecule has 0 saturated heterocycles. The van der Waals surface area contributed by atoms with E-state index in [0.717, 1.165) is 12.0 Å². The Hall–Kier alpha value is -0.980. The van der Waals surface area contributed by atoms with Crippen LogP contribution >= 0.6 is 0 Å². The molecule has 0 aliphatic rings. The zero-order chi connectivity index (χ0) is 17.7. The highest BCUT2D eigenvalue weighted by Crippen LogP contribution is 2.38. The summed E-state index contributed by atoms with van der Waals surface area (Å²) in [5.41, 5.74) is 3.93. The van der Waals surface area contributed by atoms with Gasteiger partial charge in [0.1, 0.15) is 5.75 Å². The summed E-state index contributed by atoms with van der Waals surface area (Å²) in [5, 5.41) is 10.5. The molecule has 0 spiro atoms. The Morgan fingerprint density at radius 3 is 1.74 bits per heavy atom. The first-order chi connectivity index (χ1) is 10.6. The molecule has 0 amide bonds. The summed E-state index contributed by atoms with van der Waals surface area (Å²) >= 11 is 0. The SMILES string of the molecule is CCCCCCCCc1cc(C(C)(C)C)c(C(C)(C)C)cc1O. The van der Waals surface area contributed by atoms with Crippen LogP contribution in [-0.4, -0.2) is 5.11 Å². The maximum Gasteiger partial charge on any atom is 0.119 e. The Kier molecular flexibility index (Phi) is 7.17. The zero-order valence-corrected chi connectivity index (χ0v) is 16.6. The van der Waals surface area contributed by atoms with E-state index in [0.29, 0.717) is 5.75 Å². The van der Waals surface area contributed by atoms with Gasteiger partial charge in [-0.05, 0) is 46.4 Å². The van der Waals surface area contributed by atoms with E-state index >= 15 is 0 Å². The lowest BCUT2D eigenvalue weighted by molar-refractivity contribution is 0.457. The van der Waals surface area contributed by atoms with Crippen LogP contribution in [-0.2, 0) is 17.3 Å². The van der Waals surface area contributed by atoms with Crippen molar-refractivity contribution in [1.82, 2.24) is 0 Å². The fourth-order valence-corrected chi connectivity index (χ4v) is 3.17. The second-order valence-corrected chi connectivity index (χ2v) is 9.04. The molecular weight excluding hydrogens is 280 g/mol. The van der Waals surface area contributed by atoms with Gasteiger partial charge in [-0.2, -0.15) is 0 Å². The van der Waals surface area contributed by atoms with E-state index in [4.69, 9.17) is 0 Å². The van der Waals surface area contributed by atoms with Crippen LogP contribution in [0.2, 0.25) is 0 Å². The molecule has 0 aliphatic carbocycles. The fraction of sp³-hybridized carbons (Fsp3) is 0.727. The molecule has 0 bridgehead atoms. The van der Waals surface area contributed by atoms with Crippen molar-refractivity contribution in [1.29, 1.82) is 0 Å². The molecule has 0 saturated carbocycles. The minimum atomic E-state index is 0.0543.